The van der Waals surface area contributed by atoms with Crippen LogP contribution in [-0.2, 0) is 9.84 Å². The van der Waals surface area contributed by atoms with Gasteiger partial charge in [-0.2, -0.15) is 0 Å². The van der Waals surface area contributed by atoms with Gasteiger partial charge in [-0.1, -0.05) is 30.3 Å². The van der Waals surface area contributed by atoms with Crippen LogP contribution in [0.5, 0.6) is 0 Å². The van der Waals surface area contributed by atoms with Crippen molar-refractivity contribution >= 4 is 21.4 Å². The molecule has 2 aromatic rings. The van der Waals surface area contributed by atoms with Crippen LogP contribution in [-0.4, -0.2) is 40.7 Å². The van der Waals surface area contributed by atoms with E-state index in [9.17, 15) is 13.2 Å². The molecular formula is C17H20N2O3S. The minimum absolute atomic E-state index is 0.0499. The second-order valence-corrected chi connectivity index (χ2v) is 7.27. The lowest BCUT2D eigenvalue weighted by atomic mass is 10.2. The van der Waals surface area contributed by atoms with Gasteiger partial charge in [-0.3, -0.25) is 4.79 Å². The van der Waals surface area contributed by atoms with Crippen LogP contribution in [0.1, 0.15) is 10.4 Å². The molecule has 2 rings (SSSR count). The molecule has 2 aromatic carbocycles. The molecule has 0 aliphatic carbocycles. The van der Waals surface area contributed by atoms with Crippen molar-refractivity contribution in [1.29, 1.82) is 0 Å². The van der Waals surface area contributed by atoms with E-state index in [2.05, 4.69) is 5.32 Å². The van der Waals surface area contributed by atoms with E-state index in [0.29, 0.717) is 13.1 Å². The number of likely N-dealkylation sites (N-methyl/N-ethyl adjacent to an activating group) is 1. The summed E-state index contributed by atoms with van der Waals surface area (Å²) in [5.41, 5.74) is 1.23. The number of carbonyl (C=O) groups excluding carboxylic acids is 1. The molecule has 0 unspecified atom stereocenters. The Morgan fingerprint density at radius 1 is 1.04 bits per heavy atom. The number of rotatable bonds is 6. The number of benzene rings is 2. The van der Waals surface area contributed by atoms with E-state index in [4.69, 9.17) is 0 Å². The van der Waals surface area contributed by atoms with Crippen molar-refractivity contribution in [3.63, 3.8) is 0 Å². The highest BCUT2D eigenvalue weighted by molar-refractivity contribution is 7.90. The lowest BCUT2D eigenvalue weighted by Crippen LogP contribution is -2.33. The van der Waals surface area contributed by atoms with Crippen molar-refractivity contribution in [1.82, 2.24) is 5.32 Å². The van der Waals surface area contributed by atoms with Crippen LogP contribution in [0.2, 0.25) is 0 Å². The smallest absolute Gasteiger partial charge is 0.252 e. The molecule has 0 atom stereocenters. The molecule has 5 nitrogen and oxygen atoms in total. The van der Waals surface area contributed by atoms with E-state index < -0.39 is 9.84 Å². The molecule has 6 heteroatoms. The van der Waals surface area contributed by atoms with Gasteiger partial charge in [0.1, 0.15) is 0 Å². The first-order chi connectivity index (χ1) is 10.9. The molecule has 0 fully saturated rings. The topological polar surface area (TPSA) is 66.5 Å². The third kappa shape index (κ3) is 4.56. The summed E-state index contributed by atoms with van der Waals surface area (Å²) >= 11 is 0. The van der Waals surface area contributed by atoms with Crippen molar-refractivity contribution < 1.29 is 13.2 Å². The average Bonchev–Trinajstić information content (AvgIpc) is 2.54. The third-order valence-electron chi connectivity index (χ3n) is 3.46. The largest absolute Gasteiger partial charge is 0.373 e. The van der Waals surface area contributed by atoms with E-state index in [1.54, 1.807) is 12.1 Å². The van der Waals surface area contributed by atoms with Gasteiger partial charge in [0.2, 0.25) is 0 Å². The summed E-state index contributed by atoms with van der Waals surface area (Å²) in [6.07, 6.45) is 1.10. The van der Waals surface area contributed by atoms with Crippen LogP contribution >= 0.6 is 0 Å². The quantitative estimate of drug-likeness (QED) is 0.878. The number of carbonyl (C=O) groups is 1. The Morgan fingerprint density at radius 3 is 2.30 bits per heavy atom. The van der Waals surface area contributed by atoms with Gasteiger partial charge in [0.15, 0.2) is 9.84 Å². The van der Waals surface area contributed by atoms with E-state index in [1.807, 2.05) is 42.3 Å². The minimum atomic E-state index is -3.43. The second-order valence-electron chi connectivity index (χ2n) is 5.28. The minimum Gasteiger partial charge on any atom is -0.373 e. The molecule has 1 N–H and O–H groups in total. The number of nitrogens with zero attached hydrogens (tertiary/aromatic N) is 1. The van der Waals surface area contributed by atoms with Crippen LogP contribution in [0.15, 0.2) is 59.5 Å². The number of hydrogen-bond donors (Lipinski definition) is 1. The van der Waals surface area contributed by atoms with Crippen LogP contribution in [0.3, 0.4) is 0 Å². The van der Waals surface area contributed by atoms with Crippen LogP contribution in [0, 0.1) is 0 Å². The fourth-order valence-corrected chi connectivity index (χ4v) is 3.11. The highest BCUT2D eigenvalue weighted by atomic mass is 32.2. The predicted octanol–water partition coefficient (Wildman–Crippen LogP) is 1.96. The van der Waals surface area contributed by atoms with Crippen molar-refractivity contribution in [2.24, 2.45) is 0 Å². The van der Waals surface area contributed by atoms with Gasteiger partial charge in [0, 0.05) is 32.1 Å². The van der Waals surface area contributed by atoms with Gasteiger partial charge < -0.3 is 10.2 Å². The number of hydrogen-bond acceptors (Lipinski definition) is 4. The van der Waals surface area contributed by atoms with Gasteiger partial charge in [0.25, 0.3) is 5.91 Å². The zero-order chi connectivity index (χ0) is 16.9. The Morgan fingerprint density at radius 2 is 1.65 bits per heavy atom. The van der Waals surface area contributed by atoms with E-state index >= 15 is 0 Å². The molecular weight excluding hydrogens is 312 g/mol. The molecule has 0 aliphatic rings. The first-order valence-electron chi connectivity index (χ1n) is 7.23. The summed E-state index contributed by atoms with van der Waals surface area (Å²) < 4.78 is 23.5. The number of nitrogens with one attached hydrogen (secondary N) is 1. The molecule has 0 heterocycles. The maximum absolute atomic E-state index is 12.2. The van der Waals surface area contributed by atoms with Gasteiger partial charge in [-0.15, -0.1) is 0 Å². The summed E-state index contributed by atoms with van der Waals surface area (Å²) in [6, 6.07) is 16.0. The first kappa shape index (κ1) is 17.0. The molecule has 0 saturated carbocycles. The summed E-state index contributed by atoms with van der Waals surface area (Å²) in [6.45, 7) is 1.04. The van der Waals surface area contributed by atoms with Crippen molar-refractivity contribution in [3.8, 4) is 0 Å². The van der Waals surface area contributed by atoms with Crippen LogP contribution in [0.4, 0.5) is 5.69 Å². The van der Waals surface area contributed by atoms with Gasteiger partial charge in [-0.05, 0) is 24.3 Å². The molecule has 0 aliphatic heterocycles. The Kier molecular flexibility index (Phi) is 5.39. The van der Waals surface area contributed by atoms with E-state index in [1.165, 1.54) is 12.1 Å². The number of amides is 1. The molecule has 0 radical (unpaired) electrons. The number of sulfone groups is 1. The van der Waals surface area contributed by atoms with Crippen molar-refractivity contribution in [2.45, 2.75) is 4.90 Å². The fourth-order valence-electron chi connectivity index (χ4n) is 2.22. The van der Waals surface area contributed by atoms with Gasteiger partial charge in [0.05, 0.1) is 10.5 Å². The first-order valence-corrected chi connectivity index (χ1v) is 9.12. The molecule has 122 valence electrons. The Balaban J connectivity index is 1.99. The molecule has 0 spiro atoms. The van der Waals surface area contributed by atoms with Gasteiger partial charge in [-0.25, -0.2) is 8.42 Å². The highest BCUT2D eigenvalue weighted by Crippen LogP contribution is 2.15. The van der Waals surface area contributed by atoms with Gasteiger partial charge >= 0.3 is 0 Å². The van der Waals surface area contributed by atoms with Crippen molar-refractivity contribution in [2.75, 3.05) is 31.3 Å². The molecule has 0 bridgehead atoms. The Hall–Kier alpha value is -2.34. The number of para-hydroxylation sites is 1. The maximum Gasteiger partial charge on any atom is 0.252 e. The van der Waals surface area contributed by atoms with Crippen molar-refractivity contribution in [3.05, 3.63) is 60.2 Å². The zero-order valence-electron chi connectivity index (χ0n) is 13.2. The highest BCUT2D eigenvalue weighted by Gasteiger charge is 2.17. The predicted molar refractivity (Wildman–Crippen MR) is 91.6 cm³/mol. The normalized spacial score (nSPS) is 11.0. The van der Waals surface area contributed by atoms with Crippen LogP contribution < -0.4 is 10.2 Å². The standard InChI is InChI=1S/C17H20N2O3S/c1-19(14-8-4-3-5-9-14)13-12-18-17(20)15-10-6-7-11-16(15)23(2,21)22/h3-11H,12-13H2,1-2H3,(H,18,20). The summed E-state index contributed by atoms with van der Waals surface area (Å²) in [5.74, 6) is -0.382. The lowest BCUT2D eigenvalue weighted by molar-refractivity contribution is 0.0951. The van der Waals surface area contributed by atoms with E-state index in [-0.39, 0.29) is 16.4 Å². The second kappa shape index (κ2) is 7.28. The average molecular weight is 332 g/mol. The summed E-state index contributed by atoms with van der Waals surface area (Å²) in [7, 11) is -1.50. The monoisotopic (exact) mass is 332 g/mol. The zero-order valence-corrected chi connectivity index (χ0v) is 14.0. The molecule has 0 saturated heterocycles. The SMILES string of the molecule is CN(CCNC(=O)c1ccccc1S(C)(=O)=O)c1ccccc1. The Labute approximate surface area is 136 Å². The fraction of sp³-hybridized carbons (Fsp3) is 0.235. The lowest BCUT2D eigenvalue weighted by Gasteiger charge is -2.19. The van der Waals surface area contributed by atoms with Crippen LogP contribution in [0.25, 0.3) is 0 Å². The third-order valence-corrected chi connectivity index (χ3v) is 4.62. The Bertz CT molecular complexity index is 773. The molecule has 23 heavy (non-hydrogen) atoms. The molecule has 1 amide bonds. The van der Waals surface area contributed by atoms with E-state index in [0.717, 1.165) is 11.9 Å². The number of anilines is 1. The summed E-state index contributed by atoms with van der Waals surface area (Å²) in [4.78, 5) is 14.3. The maximum atomic E-state index is 12.2. The summed E-state index contributed by atoms with van der Waals surface area (Å²) in [5, 5.41) is 2.77. The molecule has 0 aromatic heterocycles.